The molecule has 0 fully saturated rings. The first-order valence-corrected chi connectivity index (χ1v) is 20.0. The van der Waals surface area contributed by atoms with Crippen molar-refractivity contribution in [1.29, 1.82) is 0 Å². The van der Waals surface area contributed by atoms with Crippen LogP contribution in [0.4, 0.5) is 45.5 Å². The molecule has 1 atom stereocenters. The fraction of sp³-hybridized carbons (Fsp3) is 0.0769. The fourth-order valence-electron chi connectivity index (χ4n) is 10.2. The van der Waals surface area contributed by atoms with Gasteiger partial charge in [-0.1, -0.05) is 133 Å². The molecule has 0 saturated heterocycles. The Kier molecular flexibility index (Phi) is 6.97. The van der Waals surface area contributed by atoms with Crippen molar-refractivity contribution in [3.05, 3.63) is 199 Å². The predicted molar refractivity (Wildman–Crippen MR) is 236 cm³/mol. The predicted octanol–water partition coefficient (Wildman–Crippen LogP) is 11.1. The normalized spacial score (nSPS) is 15.4. The van der Waals surface area contributed by atoms with Crippen LogP contribution in [0.1, 0.15) is 17.5 Å². The summed E-state index contributed by atoms with van der Waals surface area (Å²) in [6.07, 6.45) is 3.48. The highest BCUT2D eigenvalue weighted by atomic mass is 15.2. The first-order valence-electron chi connectivity index (χ1n) is 20.0. The molecule has 0 bridgehead atoms. The molecular formula is C52H38BN3. The SMILES string of the molecule is c1ccc(-c2ccc(N(c3ccc(-c4ccccc4)cc3)c3ccc4c(c3)N(c3ccccc3)c3ccc5c6c3B4c3cccc4c3N6C(CC5)C4)cc2)cc1. The molecule has 4 heterocycles. The quantitative estimate of drug-likeness (QED) is 0.159. The molecule has 0 saturated carbocycles. The van der Waals surface area contributed by atoms with E-state index in [-0.39, 0.29) is 6.71 Å². The van der Waals surface area contributed by atoms with Gasteiger partial charge in [-0.2, -0.15) is 0 Å². The van der Waals surface area contributed by atoms with Crippen molar-refractivity contribution in [3.63, 3.8) is 0 Å². The minimum absolute atomic E-state index is 0.163. The number of benzene rings is 8. The minimum atomic E-state index is 0.163. The lowest BCUT2D eigenvalue weighted by molar-refractivity contribution is 0.601. The molecule has 0 aliphatic carbocycles. The number of nitrogens with zero attached hydrogens (tertiary/aromatic N) is 3. The Labute approximate surface area is 328 Å². The lowest BCUT2D eigenvalue weighted by Gasteiger charge is -2.47. The van der Waals surface area contributed by atoms with E-state index in [1.807, 2.05) is 0 Å². The van der Waals surface area contributed by atoms with Crippen LogP contribution in [0, 0.1) is 0 Å². The van der Waals surface area contributed by atoms with Crippen LogP contribution in [0.15, 0.2) is 188 Å². The van der Waals surface area contributed by atoms with E-state index in [0.29, 0.717) is 6.04 Å². The molecule has 12 rings (SSSR count). The van der Waals surface area contributed by atoms with E-state index in [9.17, 15) is 0 Å². The lowest BCUT2D eigenvalue weighted by atomic mass is 9.33. The molecule has 3 nitrogen and oxygen atoms in total. The molecule has 8 aromatic rings. The highest BCUT2D eigenvalue weighted by Gasteiger charge is 2.49. The fourth-order valence-corrected chi connectivity index (χ4v) is 10.2. The third kappa shape index (κ3) is 4.72. The second kappa shape index (κ2) is 12.4. The van der Waals surface area contributed by atoms with Crippen LogP contribution in [0.3, 0.4) is 0 Å². The molecule has 8 aromatic carbocycles. The van der Waals surface area contributed by atoms with E-state index >= 15 is 0 Å². The number of fused-ring (bicyclic) bond motifs is 3. The molecule has 1 unspecified atom stereocenters. The Hall–Kier alpha value is -6.78. The van der Waals surface area contributed by atoms with E-state index in [1.54, 1.807) is 0 Å². The summed E-state index contributed by atoms with van der Waals surface area (Å²) in [5, 5.41) is 0. The topological polar surface area (TPSA) is 9.72 Å². The number of anilines is 8. The first-order chi connectivity index (χ1) is 27.8. The number of hydrogen-bond acceptors (Lipinski definition) is 3. The lowest BCUT2D eigenvalue weighted by Crippen LogP contribution is -2.62. The van der Waals surface area contributed by atoms with E-state index in [1.165, 1.54) is 84.6 Å². The van der Waals surface area contributed by atoms with Crippen LogP contribution < -0.4 is 31.1 Å². The summed E-state index contributed by atoms with van der Waals surface area (Å²) in [4.78, 5) is 7.69. The zero-order valence-electron chi connectivity index (χ0n) is 31.0. The number of hydrogen-bond donors (Lipinski definition) is 0. The van der Waals surface area contributed by atoms with Gasteiger partial charge in [-0.15, -0.1) is 0 Å². The van der Waals surface area contributed by atoms with Crippen molar-refractivity contribution in [1.82, 2.24) is 0 Å². The molecule has 0 radical (unpaired) electrons. The molecule has 0 amide bonds. The molecule has 264 valence electrons. The molecule has 4 heteroatoms. The second-order valence-corrected chi connectivity index (χ2v) is 15.6. The minimum Gasteiger partial charge on any atom is -0.338 e. The number of para-hydroxylation sites is 2. The summed E-state index contributed by atoms with van der Waals surface area (Å²) in [6.45, 7) is 0.163. The maximum Gasteiger partial charge on any atom is 0.252 e. The van der Waals surface area contributed by atoms with Gasteiger partial charge >= 0.3 is 0 Å². The standard InChI is InChI=1S/C52H38BN3/c1-4-11-35(12-5-1)37-19-25-42(26-20-37)54(43-27-21-38(22-28-43)36-13-6-2-7-14-36)45-30-31-46-49(34-45)55(41-16-8-3-9-17-41)48-32-24-39-23-29-44-33-40-15-10-18-47-51(40)56(44)52(39)50(48)53(46)47/h1-22,24-28,30-32,34,44H,23,29,33H2. The molecule has 56 heavy (non-hydrogen) atoms. The van der Waals surface area contributed by atoms with Gasteiger partial charge in [0.2, 0.25) is 0 Å². The van der Waals surface area contributed by atoms with Gasteiger partial charge in [0.25, 0.3) is 6.71 Å². The van der Waals surface area contributed by atoms with E-state index in [2.05, 4.69) is 203 Å². The first kappa shape index (κ1) is 31.6. The van der Waals surface area contributed by atoms with Crippen LogP contribution in [-0.4, -0.2) is 12.8 Å². The Bertz CT molecular complexity index is 2700. The maximum atomic E-state index is 2.74. The number of aryl methyl sites for hydroxylation is 1. The molecule has 4 aliphatic rings. The van der Waals surface area contributed by atoms with Crippen molar-refractivity contribution in [2.75, 3.05) is 14.7 Å². The van der Waals surface area contributed by atoms with Crippen LogP contribution in [0.2, 0.25) is 0 Å². The van der Waals surface area contributed by atoms with E-state index in [0.717, 1.165) is 29.9 Å². The van der Waals surface area contributed by atoms with Crippen molar-refractivity contribution in [3.8, 4) is 22.3 Å². The van der Waals surface area contributed by atoms with Gasteiger partial charge in [0.1, 0.15) is 0 Å². The van der Waals surface area contributed by atoms with Crippen LogP contribution >= 0.6 is 0 Å². The summed E-state index contributed by atoms with van der Waals surface area (Å²) in [6, 6.07) is 70.0. The van der Waals surface area contributed by atoms with Crippen molar-refractivity contribution < 1.29 is 0 Å². The third-order valence-electron chi connectivity index (χ3n) is 12.6. The highest BCUT2D eigenvalue weighted by Crippen LogP contribution is 2.50. The van der Waals surface area contributed by atoms with E-state index < -0.39 is 0 Å². The zero-order valence-corrected chi connectivity index (χ0v) is 31.0. The van der Waals surface area contributed by atoms with Crippen molar-refractivity contribution in [2.24, 2.45) is 0 Å². The van der Waals surface area contributed by atoms with Gasteiger partial charge in [0, 0.05) is 51.5 Å². The summed E-state index contributed by atoms with van der Waals surface area (Å²) in [7, 11) is 0. The van der Waals surface area contributed by atoms with E-state index in [4.69, 9.17) is 0 Å². The van der Waals surface area contributed by atoms with Gasteiger partial charge < -0.3 is 14.7 Å². The average molecular weight is 716 g/mol. The zero-order chi connectivity index (χ0) is 36.7. The Morgan fingerprint density at radius 3 is 1.73 bits per heavy atom. The van der Waals surface area contributed by atoms with Crippen LogP contribution in [0.25, 0.3) is 22.3 Å². The summed E-state index contributed by atoms with van der Waals surface area (Å²) >= 11 is 0. The third-order valence-corrected chi connectivity index (χ3v) is 12.6. The van der Waals surface area contributed by atoms with Gasteiger partial charge in [0.05, 0.1) is 0 Å². The molecule has 0 N–H and O–H groups in total. The molecule has 4 aliphatic heterocycles. The summed E-state index contributed by atoms with van der Waals surface area (Å²) in [5.41, 5.74) is 22.1. The smallest absolute Gasteiger partial charge is 0.252 e. The van der Waals surface area contributed by atoms with Gasteiger partial charge in [-0.3, -0.25) is 0 Å². The number of rotatable bonds is 6. The molecule has 0 aromatic heterocycles. The highest BCUT2D eigenvalue weighted by molar-refractivity contribution is 7.00. The van der Waals surface area contributed by atoms with Crippen LogP contribution in [-0.2, 0) is 12.8 Å². The Balaban J connectivity index is 1.06. The monoisotopic (exact) mass is 715 g/mol. The van der Waals surface area contributed by atoms with Gasteiger partial charge in [-0.05, 0) is 124 Å². The maximum absolute atomic E-state index is 2.74. The summed E-state index contributed by atoms with van der Waals surface area (Å²) in [5.74, 6) is 0. The molecular weight excluding hydrogens is 677 g/mol. The van der Waals surface area contributed by atoms with Crippen molar-refractivity contribution in [2.45, 2.75) is 25.3 Å². The Morgan fingerprint density at radius 1 is 0.464 bits per heavy atom. The summed E-state index contributed by atoms with van der Waals surface area (Å²) < 4.78 is 0. The second-order valence-electron chi connectivity index (χ2n) is 15.6. The van der Waals surface area contributed by atoms with Gasteiger partial charge in [0.15, 0.2) is 0 Å². The van der Waals surface area contributed by atoms with Gasteiger partial charge in [-0.25, -0.2) is 0 Å². The van der Waals surface area contributed by atoms with Crippen molar-refractivity contribution >= 4 is 68.6 Å². The molecule has 0 spiro atoms. The Morgan fingerprint density at radius 2 is 1.07 bits per heavy atom. The average Bonchev–Trinajstić information content (AvgIpc) is 3.66. The van der Waals surface area contributed by atoms with Crippen LogP contribution in [0.5, 0.6) is 0 Å². The largest absolute Gasteiger partial charge is 0.338 e.